The minimum absolute atomic E-state index is 0.238. The van der Waals surface area contributed by atoms with Gasteiger partial charge in [0.2, 0.25) is 5.91 Å². The van der Waals surface area contributed by atoms with Gasteiger partial charge in [0.05, 0.1) is 10.5 Å². The Hall–Kier alpha value is -2.80. The van der Waals surface area contributed by atoms with Crippen LogP contribution in [-0.4, -0.2) is 21.7 Å². The van der Waals surface area contributed by atoms with E-state index in [2.05, 4.69) is 5.32 Å². The highest BCUT2D eigenvalue weighted by atomic mass is 35.5. The van der Waals surface area contributed by atoms with Crippen molar-refractivity contribution in [3.63, 3.8) is 0 Å². The van der Waals surface area contributed by atoms with Crippen molar-refractivity contribution >= 4 is 57.9 Å². The van der Waals surface area contributed by atoms with Crippen LogP contribution in [0.15, 0.2) is 48.7 Å². The van der Waals surface area contributed by atoms with E-state index in [1.807, 2.05) is 19.1 Å². The van der Waals surface area contributed by atoms with E-state index in [1.165, 1.54) is 30.5 Å². The fourth-order valence-electron chi connectivity index (χ4n) is 2.94. The summed E-state index contributed by atoms with van der Waals surface area (Å²) in [6.07, 6.45) is 3.02. The van der Waals surface area contributed by atoms with Crippen LogP contribution in [0.3, 0.4) is 0 Å². The summed E-state index contributed by atoms with van der Waals surface area (Å²) < 4.78 is 1.01. The average molecular weight is 418 g/mol. The Labute approximate surface area is 171 Å². The van der Waals surface area contributed by atoms with E-state index >= 15 is 0 Å². The number of anilines is 1. The summed E-state index contributed by atoms with van der Waals surface area (Å²) in [6, 6.07) is 10.0. The maximum atomic E-state index is 12.4. The van der Waals surface area contributed by atoms with Crippen molar-refractivity contribution in [1.29, 1.82) is 0 Å². The Morgan fingerprint density at radius 1 is 1.25 bits per heavy atom. The Morgan fingerprint density at radius 3 is 2.64 bits per heavy atom. The molecule has 0 saturated heterocycles. The second-order valence-corrected chi connectivity index (χ2v) is 7.06. The van der Waals surface area contributed by atoms with E-state index in [9.17, 15) is 14.7 Å². The van der Waals surface area contributed by atoms with Gasteiger partial charge in [-0.25, -0.2) is 4.79 Å². The molecule has 144 valence electrons. The second kappa shape index (κ2) is 8.06. The summed E-state index contributed by atoms with van der Waals surface area (Å²) in [6.45, 7) is 1.83. The molecule has 0 saturated carbocycles. The molecule has 0 aliphatic carbocycles. The van der Waals surface area contributed by atoms with E-state index < -0.39 is 6.09 Å². The first kappa shape index (κ1) is 19.9. The monoisotopic (exact) mass is 417 g/mol. The van der Waals surface area contributed by atoms with Gasteiger partial charge in [-0.3, -0.25) is 9.36 Å². The summed E-state index contributed by atoms with van der Waals surface area (Å²) in [7, 11) is 0. The molecule has 4 N–H and O–H groups in total. The summed E-state index contributed by atoms with van der Waals surface area (Å²) in [5, 5.41) is 13.3. The van der Waals surface area contributed by atoms with Gasteiger partial charge < -0.3 is 16.2 Å². The fraction of sp³-hybridized carbons (Fsp3) is 0.100. The number of halogens is 2. The molecule has 3 rings (SSSR count). The van der Waals surface area contributed by atoms with Crippen LogP contribution in [0.1, 0.15) is 24.1 Å². The standard InChI is InChI=1S/C20H17Cl2N3O3/c1-11(23)14-4-2-3-5-16(14)24-18(26)7-6-12-10-25(20(27)28)17-9-13(21)8-15(22)19(12)17/h2-11H,23H2,1H3,(H,24,26)(H,27,28)/b7-6+. The van der Waals surface area contributed by atoms with Gasteiger partial charge in [-0.2, -0.15) is 0 Å². The number of nitrogens with one attached hydrogen (secondary N) is 1. The normalized spacial score (nSPS) is 12.4. The number of hydrogen-bond acceptors (Lipinski definition) is 3. The topological polar surface area (TPSA) is 97.4 Å². The minimum atomic E-state index is -1.18. The highest BCUT2D eigenvalue weighted by molar-refractivity contribution is 6.39. The maximum absolute atomic E-state index is 12.4. The van der Waals surface area contributed by atoms with Crippen molar-refractivity contribution < 1.29 is 14.7 Å². The molecule has 0 fully saturated rings. The van der Waals surface area contributed by atoms with Gasteiger partial charge in [0.25, 0.3) is 0 Å². The van der Waals surface area contributed by atoms with Gasteiger partial charge in [0.15, 0.2) is 0 Å². The van der Waals surface area contributed by atoms with Crippen LogP contribution >= 0.6 is 23.2 Å². The third-order valence-corrected chi connectivity index (χ3v) is 4.70. The van der Waals surface area contributed by atoms with E-state index in [4.69, 9.17) is 28.9 Å². The Kier molecular flexibility index (Phi) is 5.74. The maximum Gasteiger partial charge on any atom is 0.416 e. The van der Waals surface area contributed by atoms with Gasteiger partial charge in [0, 0.05) is 40.0 Å². The van der Waals surface area contributed by atoms with Gasteiger partial charge in [-0.05, 0) is 36.8 Å². The predicted octanol–water partition coefficient (Wildman–Crippen LogP) is 5.15. The third kappa shape index (κ3) is 4.04. The Bertz CT molecular complexity index is 1100. The number of nitrogens with zero attached hydrogens (tertiary/aromatic N) is 1. The highest BCUT2D eigenvalue weighted by Gasteiger charge is 2.15. The minimum Gasteiger partial charge on any atom is -0.464 e. The lowest BCUT2D eigenvalue weighted by Gasteiger charge is -2.12. The number of fused-ring (bicyclic) bond motifs is 1. The largest absolute Gasteiger partial charge is 0.464 e. The van der Waals surface area contributed by atoms with E-state index in [-0.39, 0.29) is 11.9 Å². The number of rotatable bonds is 4. The van der Waals surface area contributed by atoms with Crippen molar-refractivity contribution in [2.24, 2.45) is 5.73 Å². The van der Waals surface area contributed by atoms with Crippen LogP contribution in [-0.2, 0) is 4.79 Å². The lowest BCUT2D eigenvalue weighted by atomic mass is 10.1. The summed E-state index contributed by atoms with van der Waals surface area (Å²) in [4.78, 5) is 23.9. The summed E-state index contributed by atoms with van der Waals surface area (Å²) in [5.41, 5.74) is 8.17. The molecule has 1 atom stereocenters. The van der Waals surface area contributed by atoms with Crippen molar-refractivity contribution in [2.75, 3.05) is 5.32 Å². The molecule has 0 aliphatic rings. The molecule has 8 heteroatoms. The number of para-hydroxylation sites is 1. The van der Waals surface area contributed by atoms with Crippen LogP contribution in [0.25, 0.3) is 17.0 Å². The Balaban J connectivity index is 1.94. The van der Waals surface area contributed by atoms with Gasteiger partial charge in [-0.1, -0.05) is 41.4 Å². The first-order valence-electron chi connectivity index (χ1n) is 8.35. The predicted molar refractivity (Wildman–Crippen MR) is 112 cm³/mol. The molecule has 1 amide bonds. The summed E-state index contributed by atoms with van der Waals surface area (Å²) in [5.74, 6) is -0.380. The molecule has 1 unspecified atom stereocenters. The number of amides is 1. The molecule has 0 spiro atoms. The number of aromatic nitrogens is 1. The zero-order valence-electron chi connectivity index (χ0n) is 14.8. The zero-order chi connectivity index (χ0) is 20.4. The van der Waals surface area contributed by atoms with Gasteiger partial charge in [0.1, 0.15) is 0 Å². The quantitative estimate of drug-likeness (QED) is 0.511. The number of carbonyl (C=O) groups is 2. The van der Waals surface area contributed by atoms with Crippen LogP contribution in [0, 0.1) is 0 Å². The molecule has 0 aliphatic heterocycles. The lowest BCUT2D eigenvalue weighted by Crippen LogP contribution is -2.13. The molecule has 0 bridgehead atoms. The Morgan fingerprint density at radius 2 is 1.96 bits per heavy atom. The van der Waals surface area contributed by atoms with E-state index in [0.717, 1.165) is 10.1 Å². The third-order valence-electron chi connectivity index (χ3n) is 4.18. The number of hydrogen-bond donors (Lipinski definition) is 3. The average Bonchev–Trinajstić information content (AvgIpc) is 2.99. The molecular weight excluding hydrogens is 401 g/mol. The van der Waals surface area contributed by atoms with E-state index in [0.29, 0.717) is 32.2 Å². The smallest absolute Gasteiger partial charge is 0.416 e. The van der Waals surface area contributed by atoms with Crippen molar-refractivity contribution in [3.05, 3.63) is 69.8 Å². The number of carbonyl (C=O) groups excluding carboxylic acids is 1. The first-order chi connectivity index (χ1) is 13.3. The van der Waals surface area contributed by atoms with Crippen LogP contribution in [0.4, 0.5) is 10.5 Å². The van der Waals surface area contributed by atoms with Crippen LogP contribution in [0.2, 0.25) is 10.0 Å². The second-order valence-electron chi connectivity index (χ2n) is 6.22. The fourth-order valence-corrected chi connectivity index (χ4v) is 3.53. The molecular formula is C20H17Cl2N3O3. The van der Waals surface area contributed by atoms with Crippen LogP contribution < -0.4 is 11.1 Å². The van der Waals surface area contributed by atoms with Crippen molar-refractivity contribution in [3.8, 4) is 0 Å². The van der Waals surface area contributed by atoms with Crippen molar-refractivity contribution in [1.82, 2.24) is 4.57 Å². The molecule has 1 aromatic heterocycles. The van der Waals surface area contributed by atoms with Gasteiger partial charge >= 0.3 is 6.09 Å². The molecule has 6 nitrogen and oxygen atoms in total. The molecule has 28 heavy (non-hydrogen) atoms. The first-order valence-corrected chi connectivity index (χ1v) is 9.10. The SMILES string of the molecule is CC(N)c1ccccc1NC(=O)/C=C/c1cn(C(=O)O)c2cc(Cl)cc(Cl)c12. The number of nitrogens with two attached hydrogens (primary N) is 1. The van der Waals surface area contributed by atoms with Crippen molar-refractivity contribution in [2.45, 2.75) is 13.0 Å². The summed E-state index contributed by atoms with van der Waals surface area (Å²) >= 11 is 12.2. The van der Waals surface area contributed by atoms with Crippen LogP contribution in [0.5, 0.6) is 0 Å². The zero-order valence-corrected chi connectivity index (χ0v) is 16.3. The molecule has 0 radical (unpaired) electrons. The number of benzene rings is 2. The molecule has 1 heterocycles. The molecule has 3 aromatic rings. The van der Waals surface area contributed by atoms with Gasteiger partial charge in [-0.15, -0.1) is 0 Å². The lowest BCUT2D eigenvalue weighted by molar-refractivity contribution is -0.111. The van der Waals surface area contributed by atoms with E-state index in [1.54, 1.807) is 12.1 Å². The number of carboxylic acid groups (broad SMARTS) is 1. The highest BCUT2D eigenvalue weighted by Crippen LogP contribution is 2.33. The molecule has 2 aromatic carbocycles.